The molecule has 3 aromatic rings. The highest BCUT2D eigenvalue weighted by Crippen LogP contribution is 2.43. The van der Waals surface area contributed by atoms with E-state index in [1.807, 2.05) is 48.5 Å². The predicted molar refractivity (Wildman–Crippen MR) is 130 cm³/mol. The van der Waals surface area contributed by atoms with E-state index in [2.05, 4.69) is 0 Å². The van der Waals surface area contributed by atoms with Crippen LogP contribution in [0.25, 0.3) is 10.8 Å². The Hall–Kier alpha value is -4.07. The summed E-state index contributed by atoms with van der Waals surface area (Å²) >= 11 is 0. The van der Waals surface area contributed by atoms with Crippen LogP contribution in [0.1, 0.15) is 12.0 Å². The van der Waals surface area contributed by atoms with E-state index in [-0.39, 0.29) is 36.3 Å². The van der Waals surface area contributed by atoms with Gasteiger partial charge in [0.2, 0.25) is 5.91 Å². The number of hydrogen-bond donors (Lipinski definition) is 0. The van der Waals surface area contributed by atoms with E-state index < -0.39 is 6.04 Å². The summed E-state index contributed by atoms with van der Waals surface area (Å²) in [7, 11) is 3.12. The molecular formula is C27H25N3O5. The number of methoxy groups -OCH3 is 2. The fourth-order valence-corrected chi connectivity index (χ4v) is 5.84. The molecule has 3 heterocycles. The van der Waals surface area contributed by atoms with Gasteiger partial charge in [0.15, 0.2) is 11.5 Å². The van der Waals surface area contributed by atoms with Crippen molar-refractivity contribution in [2.24, 2.45) is 0 Å². The molecule has 8 nitrogen and oxygen atoms in total. The van der Waals surface area contributed by atoms with Crippen LogP contribution in [0.15, 0.2) is 60.7 Å². The summed E-state index contributed by atoms with van der Waals surface area (Å²) in [5.74, 6) is 0.841. The number of piperazine rings is 1. The predicted octanol–water partition coefficient (Wildman–Crippen LogP) is 3.22. The van der Waals surface area contributed by atoms with Gasteiger partial charge in [0.25, 0.3) is 5.91 Å². The molecule has 0 spiro atoms. The molecule has 0 radical (unpaired) electrons. The van der Waals surface area contributed by atoms with Gasteiger partial charge in [-0.1, -0.05) is 42.5 Å². The Kier molecular flexibility index (Phi) is 4.91. The molecule has 0 aliphatic carbocycles. The second-order valence-corrected chi connectivity index (χ2v) is 9.18. The summed E-state index contributed by atoms with van der Waals surface area (Å²) in [5, 5.41) is 1.82. The number of hydrogen-bond acceptors (Lipinski definition) is 5. The Morgan fingerprint density at radius 2 is 1.74 bits per heavy atom. The lowest BCUT2D eigenvalue weighted by Gasteiger charge is -2.35. The van der Waals surface area contributed by atoms with Gasteiger partial charge in [-0.2, -0.15) is 0 Å². The highest BCUT2D eigenvalue weighted by atomic mass is 16.5. The number of rotatable bonds is 5. The molecule has 3 atom stereocenters. The van der Waals surface area contributed by atoms with Gasteiger partial charge < -0.3 is 19.3 Å². The van der Waals surface area contributed by atoms with E-state index in [0.29, 0.717) is 30.2 Å². The third kappa shape index (κ3) is 3.16. The fraction of sp³-hybridized carbons (Fsp3) is 0.296. The number of ether oxygens (including phenoxy) is 2. The van der Waals surface area contributed by atoms with Crippen LogP contribution >= 0.6 is 0 Å². The van der Waals surface area contributed by atoms with Gasteiger partial charge in [-0.05, 0) is 35.6 Å². The molecule has 4 amide bonds. The van der Waals surface area contributed by atoms with E-state index in [1.165, 1.54) is 4.90 Å². The molecule has 35 heavy (non-hydrogen) atoms. The lowest BCUT2D eigenvalue weighted by Crippen LogP contribution is -2.55. The average molecular weight is 472 g/mol. The molecule has 6 rings (SSSR count). The topological polar surface area (TPSA) is 79.4 Å². The molecule has 0 N–H and O–H groups in total. The number of anilines is 1. The molecule has 1 unspecified atom stereocenters. The number of imide groups is 1. The molecule has 3 aromatic carbocycles. The van der Waals surface area contributed by atoms with Gasteiger partial charge in [0.05, 0.1) is 38.4 Å². The van der Waals surface area contributed by atoms with Crippen LogP contribution in [0, 0.1) is 0 Å². The Balaban J connectivity index is 1.26. The van der Waals surface area contributed by atoms with Gasteiger partial charge in [0.1, 0.15) is 6.04 Å². The first-order valence-electron chi connectivity index (χ1n) is 11.7. The minimum atomic E-state index is -0.644. The van der Waals surface area contributed by atoms with Gasteiger partial charge in [-0.15, -0.1) is 0 Å². The maximum Gasteiger partial charge on any atom is 0.332 e. The molecule has 178 valence electrons. The van der Waals surface area contributed by atoms with E-state index in [4.69, 9.17) is 9.47 Å². The summed E-state index contributed by atoms with van der Waals surface area (Å²) in [4.78, 5) is 45.1. The first-order chi connectivity index (χ1) is 17.0. The minimum Gasteiger partial charge on any atom is -0.493 e. The second-order valence-electron chi connectivity index (χ2n) is 9.18. The van der Waals surface area contributed by atoms with Crippen LogP contribution in [0.3, 0.4) is 0 Å². The molecule has 0 saturated carbocycles. The number of carbonyl (C=O) groups excluding carboxylic acids is 3. The fourth-order valence-electron chi connectivity index (χ4n) is 5.84. The number of benzene rings is 3. The second kappa shape index (κ2) is 8.01. The van der Waals surface area contributed by atoms with E-state index >= 15 is 0 Å². The molecular weight excluding hydrogens is 446 g/mol. The van der Waals surface area contributed by atoms with Crippen LogP contribution in [0.4, 0.5) is 10.5 Å². The number of amides is 4. The van der Waals surface area contributed by atoms with Crippen molar-refractivity contribution in [1.82, 2.24) is 9.80 Å². The molecule has 2 bridgehead atoms. The summed E-state index contributed by atoms with van der Waals surface area (Å²) in [6.07, 6.45) is 0.814. The lowest BCUT2D eigenvalue weighted by molar-refractivity contribution is -0.135. The van der Waals surface area contributed by atoms with Crippen molar-refractivity contribution in [3.8, 4) is 11.5 Å². The molecule has 3 saturated heterocycles. The normalized spacial score (nSPS) is 22.8. The van der Waals surface area contributed by atoms with Crippen molar-refractivity contribution in [2.45, 2.75) is 31.0 Å². The third-order valence-corrected chi connectivity index (χ3v) is 7.40. The number of nitrogens with zero attached hydrogens (tertiary/aromatic N) is 3. The summed E-state index contributed by atoms with van der Waals surface area (Å²) < 4.78 is 10.6. The van der Waals surface area contributed by atoms with Crippen molar-refractivity contribution in [2.75, 3.05) is 25.7 Å². The highest BCUT2D eigenvalue weighted by molar-refractivity contribution is 6.25. The number of urea groups is 1. The Morgan fingerprint density at radius 3 is 2.54 bits per heavy atom. The van der Waals surface area contributed by atoms with Crippen molar-refractivity contribution in [3.63, 3.8) is 0 Å². The Morgan fingerprint density at radius 1 is 0.971 bits per heavy atom. The maximum absolute atomic E-state index is 13.6. The van der Waals surface area contributed by atoms with Crippen LogP contribution in [0.2, 0.25) is 0 Å². The summed E-state index contributed by atoms with van der Waals surface area (Å²) in [5.41, 5.74) is 1.40. The van der Waals surface area contributed by atoms with Gasteiger partial charge >= 0.3 is 6.03 Å². The van der Waals surface area contributed by atoms with Crippen LogP contribution in [0.5, 0.6) is 11.5 Å². The third-order valence-electron chi connectivity index (χ3n) is 7.40. The molecule has 0 aromatic heterocycles. The number of fused-ring (bicyclic) bond motifs is 6. The van der Waals surface area contributed by atoms with Crippen LogP contribution < -0.4 is 14.4 Å². The monoisotopic (exact) mass is 471 g/mol. The average Bonchev–Trinajstić information content (AvgIpc) is 3.55. The first kappa shape index (κ1) is 21.5. The van der Waals surface area contributed by atoms with Crippen LogP contribution in [-0.4, -0.2) is 66.5 Å². The van der Waals surface area contributed by atoms with Gasteiger partial charge in [0, 0.05) is 11.9 Å². The van der Waals surface area contributed by atoms with Crippen molar-refractivity contribution in [1.29, 1.82) is 0 Å². The summed E-state index contributed by atoms with van der Waals surface area (Å²) in [6.45, 7) is 0.440. The molecule has 3 fully saturated rings. The molecule has 3 aliphatic heterocycles. The lowest BCUT2D eigenvalue weighted by atomic mass is 10.1. The standard InChI is InChI=1S/C27H25N3O5/c1-34-22-11-10-16(12-23(22)35-2)13-24(31)28-15-18-14-21(28)25-26(32)30(27(33)29(18)25)20-9-5-7-17-6-3-4-8-19(17)20/h3-12,18,21,25H,13-15H2,1-2H3/t18-,21?,25-/m1/s1. The largest absolute Gasteiger partial charge is 0.493 e. The smallest absolute Gasteiger partial charge is 0.332 e. The van der Waals surface area contributed by atoms with Gasteiger partial charge in [-0.25, -0.2) is 9.69 Å². The highest BCUT2D eigenvalue weighted by Gasteiger charge is 2.62. The van der Waals surface area contributed by atoms with Crippen molar-refractivity contribution in [3.05, 3.63) is 66.2 Å². The number of likely N-dealkylation sites (tertiary alicyclic amines) is 1. The van der Waals surface area contributed by atoms with Crippen molar-refractivity contribution >= 4 is 34.3 Å². The van der Waals surface area contributed by atoms with E-state index in [9.17, 15) is 14.4 Å². The first-order valence-corrected chi connectivity index (χ1v) is 11.7. The Bertz CT molecular complexity index is 1370. The maximum atomic E-state index is 13.6. The minimum absolute atomic E-state index is 0.0618. The van der Waals surface area contributed by atoms with E-state index in [1.54, 1.807) is 36.2 Å². The zero-order chi connectivity index (χ0) is 24.3. The van der Waals surface area contributed by atoms with Crippen LogP contribution in [-0.2, 0) is 16.0 Å². The van der Waals surface area contributed by atoms with Gasteiger partial charge in [-0.3, -0.25) is 9.59 Å². The molecule has 8 heteroatoms. The Labute approximate surface area is 202 Å². The number of carbonyl (C=O) groups is 3. The SMILES string of the molecule is COc1ccc(CC(=O)N2C[C@H]3CC2[C@@H]2C(=O)N(c4cccc5ccccc45)C(=O)N32)cc1OC. The zero-order valence-corrected chi connectivity index (χ0v) is 19.5. The van der Waals surface area contributed by atoms with E-state index in [0.717, 1.165) is 16.3 Å². The van der Waals surface area contributed by atoms with Crippen molar-refractivity contribution < 1.29 is 23.9 Å². The summed E-state index contributed by atoms with van der Waals surface area (Å²) in [6, 6.07) is 17.3. The zero-order valence-electron chi connectivity index (χ0n) is 19.5. The molecule has 3 aliphatic rings. The quantitative estimate of drug-likeness (QED) is 0.534.